The zero-order valence-corrected chi connectivity index (χ0v) is 33.1. The van der Waals surface area contributed by atoms with Crippen LogP contribution in [0.1, 0.15) is 25.0 Å². The van der Waals surface area contributed by atoms with Gasteiger partial charge in [0.25, 0.3) is 0 Å². The van der Waals surface area contributed by atoms with Crippen LogP contribution in [0.4, 0.5) is 0 Å². The first-order valence-electron chi connectivity index (χ1n) is 19.8. The fourth-order valence-electron chi connectivity index (χ4n) is 9.98. The van der Waals surface area contributed by atoms with Gasteiger partial charge in [-0.1, -0.05) is 127 Å². The number of fused-ring (bicyclic) bond motifs is 9. The van der Waals surface area contributed by atoms with E-state index < -0.39 is 0 Å². The first-order chi connectivity index (χ1) is 28.9. The predicted octanol–water partition coefficient (Wildman–Crippen LogP) is 4.70. The summed E-state index contributed by atoms with van der Waals surface area (Å²) in [6.07, 6.45) is 0. The molecule has 1 aliphatic rings. The van der Waals surface area contributed by atoms with Gasteiger partial charge in [-0.15, -0.1) is 21.9 Å². The molecule has 0 bridgehead atoms. The average molecular weight is 741 g/mol. The molecule has 9 heteroatoms. The van der Waals surface area contributed by atoms with Crippen molar-refractivity contribution < 1.29 is 4.42 Å². The van der Waals surface area contributed by atoms with Gasteiger partial charge in [-0.3, -0.25) is 0 Å². The second-order valence-electron chi connectivity index (χ2n) is 16.5. The van der Waals surface area contributed by atoms with Gasteiger partial charge in [0.2, 0.25) is 0 Å². The standard InChI is InChI=1S/C51H26B8O/c1-51(2)32-15-6-5-13-28(32)30-20-26(17-18-33(30)51)23-11-7-12-27(19-23)36-39-41(45(54)49(58)47(56)43(39)52)38(42-40(36)44(53)48(57)50(59)46(42)55)29-14-8-16-34-37(29)31-21-24-9-3-4-10-25(24)22-35(31)60-34/h3-22H,1-2H3. The summed E-state index contributed by atoms with van der Waals surface area (Å²) < 4.78 is 6.55. The molecule has 0 saturated heterocycles. The van der Waals surface area contributed by atoms with Gasteiger partial charge in [-0.25, -0.2) is 0 Å². The lowest BCUT2D eigenvalue weighted by Crippen LogP contribution is -2.50. The highest BCUT2D eigenvalue weighted by Crippen LogP contribution is 2.50. The number of hydrogen-bond donors (Lipinski definition) is 0. The van der Waals surface area contributed by atoms with E-state index in [9.17, 15) is 0 Å². The Morgan fingerprint density at radius 2 is 0.883 bits per heavy atom. The summed E-state index contributed by atoms with van der Waals surface area (Å²) in [5, 5.41) is 6.11. The maximum absolute atomic E-state index is 7.15. The third-order valence-corrected chi connectivity index (χ3v) is 13.0. The summed E-state index contributed by atoms with van der Waals surface area (Å²) in [6.45, 7) is 4.55. The summed E-state index contributed by atoms with van der Waals surface area (Å²) in [7, 11) is 55.5. The molecule has 1 nitrogen and oxygen atoms in total. The maximum atomic E-state index is 7.15. The van der Waals surface area contributed by atoms with Gasteiger partial charge in [0, 0.05) is 16.2 Å². The van der Waals surface area contributed by atoms with Gasteiger partial charge in [0.05, 0.1) is 0 Å². The van der Waals surface area contributed by atoms with Crippen LogP contribution in [0, 0.1) is 0 Å². The third-order valence-electron chi connectivity index (χ3n) is 13.0. The second-order valence-corrected chi connectivity index (χ2v) is 16.5. The van der Waals surface area contributed by atoms with Gasteiger partial charge in [0.1, 0.15) is 73.9 Å². The lowest BCUT2D eigenvalue weighted by molar-refractivity contribution is 0.660. The number of benzene rings is 9. The van der Waals surface area contributed by atoms with Crippen LogP contribution in [0.2, 0.25) is 0 Å². The summed E-state index contributed by atoms with van der Waals surface area (Å²) in [5.41, 5.74) is 12.8. The Balaban J connectivity index is 1.27. The second kappa shape index (κ2) is 13.0. The summed E-state index contributed by atoms with van der Waals surface area (Å²) >= 11 is 0. The monoisotopic (exact) mass is 742 g/mol. The van der Waals surface area contributed by atoms with Crippen molar-refractivity contribution in [3.05, 3.63) is 132 Å². The van der Waals surface area contributed by atoms with Crippen LogP contribution in [0.5, 0.6) is 0 Å². The Morgan fingerprint density at radius 1 is 0.367 bits per heavy atom. The topological polar surface area (TPSA) is 13.1 Å². The largest absolute Gasteiger partial charge is 0.456 e. The van der Waals surface area contributed by atoms with E-state index in [0.29, 0.717) is 38.3 Å². The lowest BCUT2D eigenvalue weighted by Gasteiger charge is -2.29. The Morgan fingerprint density at radius 3 is 1.55 bits per heavy atom. The Hall–Kier alpha value is -5.92. The maximum Gasteiger partial charge on any atom is 0.136 e. The molecule has 10 aromatic rings. The molecule has 1 aliphatic carbocycles. The van der Waals surface area contributed by atoms with Gasteiger partial charge in [-0.05, 0) is 118 Å². The van der Waals surface area contributed by atoms with Crippen LogP contribution in [-0.4, -0.2) is 62.8 Å². The minimum absolute atomic E-state index is 0.120. The summed E-state index contributed by atoms with van der Waals surface area (Å²) in [5.74, 6) is 0. The normalized spacial score (nSPS) is 13.2. The smallest absolute Gasteiger partial charge is 0.136 e. The van der Waals surface area contributed by atoms with Crippen molar-refractivity contribution in [2.45, 2.75) is 19.3 Å². The van der Waals surface area contributed by atoms with E-state index in [0.717, 1.165) is 49.4 Å². The molecule has 16 radical (unpaired) electrons. The van der Waals surface area contributed by atoms with Crippen molar-refractivity contribution in [3.63, 3.8) is 0 Å². The molecule has 0 fully saturated rings. The van der Waals surface area contributed by atoms with Gasteiger partial charge < -0.3 is 4.42 Å². The fraction of sp³-hybridized carbons (Fsp3) is 0.0588. The fourth-order valence-corrected chi connectivity index (χ4v) is 9.98. The molecule has 0 atom stereocenters. The predicted molar refractivity (Wildman–Crippen MR) is 263 cm³/mol. The summed E-state index contributed by atoms with van der Waals surface area (Å²) in [6, 6.07) is 41.8. The molecule has 0 saturated carbocycles. The van der Waals surface area contributed by atoms with Gasteiger partial charge in [0.15, 0.2) is 0 Å². The minimum Gasteiger partial charge on any atom is -0.456 e. The van der Waals surface area contributed by atoms with E-state index >= 15 is 0 Å². The zero-order chi connectivity index (χ0) is 41.5. The first kappa shape index (κ1) is 37.1. The van der Waals surface area contributed by atoms with E-state index in [2.05, 4.69) is 92.7 Å². The molecule has 0 unspecified atom stereocenters. The molecular formula is C51H26B8O. The Bertz CT molecular complexity index is 3480. The molecule has 0 amide bonds. The van der Waals surface area contributed by atoms with Crippen LogP contribution in [0.25, 0.3) is 98.8 Å². The molecule has 11 rings (SSSR count). The number of furan rings is 1. The van der Waals surface area contributed by atoms with Crippen LogP contribution in [-0.2, 0) is 5.41 Å². The Kier molecular flexibility index (Phi) is 8.06. The molecule has 0 aliphatic heterocycles. The molecule has 1 heterocycles. The molecule has 60 heavy (non-hydrogen) atoms. The molecule has 0 N–H and O–H groups in total. The van der Waals surface area contributed by atoms with Crippen molar-refractivity contribution in [2.24, 2.45) is 0 Å². The minimum atomic E-state index is -0.120. The third kappa shape index (κ3) is 4.99. The molecule has 0 spiro atoms. The average Bonchev–Trinajstić information content (AvgIpc) is 3.74. The van der Waals surface area contributed by atoms with Crippen molar-refractivity contribution >= 4 is 161 Å². The highest BCUT2D eigenvalue weighted by atomic mass is 16.3. The van der Waals surface area contributed by atoms with Crippen molar-refractivity contribution in [3.8, 4) is 44.5 Å². The van der Waals surface area contributed by atoms with Crippen LogP contribution in [0.3, 0.4) is 0 Å². The van der Waals surface area contributed by atoms with E-state index in [-0.39, 0.29) is 49.1 Å². The van der Waals surface area contributed by atoms with Crippen molar-refractivity contribution in [1.29, 1.82) is 0 Å². The molecule has 9 aromatic carbocycles. The van der Waals surface area contributed by atoms with E-state index in [1.807, 2.05) is 42.5 Å². The number of rotatable bonds is 3. The van der Waals surface area contributed by atoms with Gasteiger partial charge in [-0.2, -0.15) is 0 Å². The first-order valence-corrected chi connectivity index (χ1v) is 19.8. The van der Waals surface area contributed by atoms with E-state index in [1.165, 1.54) is 22.3 Å². The molecule has 260 valence electrons. The van der Waals surface area contributed by atoms with E-state index in [4.69, 9.17) is 67.2 Å². The Labute approximate surface area is 359 Å². The molecular weight excluding hydrogens is 715 g/mol. The summed E-state index contributed by atoms with van der Waals surface area (Å²) in [4.78, 5) is 0. The lowest BCUT2D eigenvalue weighted by atomic mass is 9.59. The van der Waals surface area contributed by atoms with Crippen LogP contribution >= 0.6 is 0 Å². The van der Waals surface area contributed by atoms with Crippen molar-refractivity contribution in [1.82, 2.24) is 0 Å². The van der Waals surface area contributed by atoms with E-state index in [1.54, 1.807) is 0 Å². The van der Waals surface area contributed by atoms with Crippen molar-refractivity contribution in [2.75, 3.05) is 0 Å². The number of hydrogen-bond acceptors (Lipinski definition) is 1. The molecule has 1 aromatic heterocycles. The zero-order valence-electron chi connectivity index (χ0n) is 33.1. The quantitative estimate of drug-likeness (QED) is 0.189. The van der Waals surface area contributed by atoms with Crippen LogP contribution < -0.4 is 43.7 Å². The highest BCUT2D eigenvalue weighted by Gasteiger charge is 2.35. The van der Waals surface area contributed by atoms with Gasteiger partial charge >= 0.3 is 0 Å². The van der Waals surface area contributed by atoms with Crippen LogP contribution in [0.15, 0.2) is 126 Å². The highest BCUT2D eigenvalue weighted by molar-refractivity contribution is 6.71. The SMILES string of the molecule is [B]c1c([B])c([B])c2c(-c3cccc4oc5cc6ccccc6cc5c34)c3c([B])c([B])c([B])c([B])c3c(-c3cccc(-c4ccc5c(c4)-c4ccccc4C5(C)C)c3)c2c1[B].